The maximum atomic E-state index is 12.0. The number of carbonyl (C=O) groups excluding carboxylic acids is 2. The fourth-order valence-corrected chi connectivity index (χ4v) is 2.76. The normalized spacial score (nSPS) is 10.8. The van der Waals surface area contributed by atoms with Crippen LogP contribution in [0.5, 0.6) is 0 Å². The van der Waals surface area contributed by atoms with Gasteiger partial charge in [0.1, 0.15) is 0 Å². The highest BCUT2D eigenvalue weighted by Gasteiger charge is 2.31. The SMILES string of the molecule is CCOC(=O)C(C(=O)OCC)c1ccc2sccc2c1. The van der Waals surface area contributed by atoms with E-state index >= 15 is 0 Å². The molecule has 5 heteroatoms. The molecule has 0 aliphatic heterocycles. The van der Waals surface area contributed by atoms with E-state index in [1.54, 1.807) is 31.3 Å². The van der Waals surface area contributed by atoms with Gasteiger partial charge in [0, 0.05) is 4.70 Å². The molecule has 0 aliphatic carbocycles. The van der Waals surface area contributed by atoms with Crippen LogP contribution in [0.15, 0.2) is 29.6 Å². The van der Waals surface area contributed by atoms with Gasteiger partial charge < -0.3 is 9.47 Å². The minimum Gasteiger partial charge on any atom is -0.465 e. The van der Waals surface area contributed by atoms with E-state index in [0.29, 0.717) is 5.56 Å². The molecule has 0 amide bonds. The van der Waals surface area contributed by atoms with Gasteiger partial charge in [-0.25, -0.2) is 0 Å². The zero-order valence-electron chi connectivity index (χ0n) is 11.4. The fraction of sp³-hybridized carbons (Fsp3) is 0.333. The quantitative estimate of drug-likeness (QED) is 0.627. The predicted octanol–water partition coefficient (Wildman–Crippen LogP) is 3.11. The summed E-state index contributed by atoms with van der Waals surface area (Å²) in [5, 5.41) is 2.98. The summed E-state index contributed by atoms with van der Waals surface area (Å²) in [7, 11) is 0. The standard InChI is InChI=1S/C15H16O4S/c1-3-18-14(16)13(15(17)19-4-2)11-5-6-12-10(9-11)7-8-20-12/h5-9,13H,3-4H2,1-2H3. The molecule has 106 valence electrons. The lowest BCUT2D eigenvalue weighted by Crippen LogP contribution is -2.26. The molecule has 20 heavy (non-hydrogen) atoms. The van der Waals surface area contributed by atoms with Gasteiger partial charge in [0.2, 0.25) is 0 Å². The summed E-state index contributed by atoms with van der Waals surface area (Å²) in [5.41, 5.74) is 0.604. The first kappa shape index (κ1) is 14.5. The highest BCUT2D eigenvalue weighted by atomic mass is 32.1. The second-order valence-electron chi connectivity index (χ2n) is 4.15. The smallest absolute Gasteiger partial charge is 0.324 e. The highest BCUT2D eigenvalue weighted by molar-refractivity contribution is 7.17. The van der Waals surface area contributed by atoms with Crippen molar-refractivity contribution in [3.05, 3.63) is 35.2 Å². The molecule has 0 N–H and O–H groups in total. The zero-order valence-corrected chi connectivity index (χ0v) is 12.2. The van der Waals surface area contributed by atoms with Crippen molar-refractivity contribution in [3.8, 4) is 0 Å². The number of ether oxygens (including phenoxy) is 2. The summed E-state index contributed by atoms with van der Waals surface area (Å²) < 4.78 is 11.1. The van der Waals surface area contributed by atoms with Crippen LogP contribution in [0, 0.1) is 0 Å². The number of benzene rings is 1. The van der Waals surface area contributed by atoms with E-state index in [1.807, 2.05) is 23.6 Å². The molecule has 0 saturated carbocycles. The highest BCUT2D eigenvalue weighted by Crippen LogP contribution is 2.27. The van der Waals surface area contributed by atoms with Crippen LogP contribution < -0.4 is 0 Å². The Bertz CT molecular complexity index is 599. The third kappa shape index (κ3) is 2.99. The molecule has 4 nitrogen and oxygen atoms in total. The van der Waals surface area contributed by atoms with Gasteiger partial charge in [-0.3, -0.25) is 9.59 Å². The summed E-state index contributed by atoms with van der Waals surface area (Å²) in [6.45, 7) is 3.88. The van der Waals surface area contributed by atoms with Crippen LogP contribution in [-0.2, 0) is 19.1 Å². The third-order valence-corrected chi connectivity index (χ3v) is 3.75. The largest absolute Gasteiger partial charge is 0.465 e. The number of rotatable bonds is 5. The van der Waals surface area contributed by atoms with Crippen molar-refractivity contribution in [1.29, 1.82) is 0 Å². The maximum absolute atomic E-state index is 12.0. The molecule has 0 aliphatic rings. The van der Waals surface area contributed by atoms with Crippen LogP contribution in [0.2, 0.25) is 0 Å². The van der Waals surface area contributed by atoms with Gasteiger partial charge >= 0.3 is 11.9 Å². The number of esters is 2. The first-order valence-corrected chi connectivity index (χ1v) is 7.35. The van der Waals surface area contributed by atoms with Crippen LogP contribution in [0.25, 0.3) is 10.1 Å². The van der Waals surface area contributed by atoms with Gasteiger partial charge in [-0.15, -0.1) is 11.3 Å². The van der Waals surface area contributed by atoms with E-state index in [9.17, 15) is 9.59 Å². The lowest BCUT2D eigenvalue weighted by Gasteiger charge is -2.14. The van der Waals surface area contributed by atoms with Gasteiger partial charge in [0.25, 0.3) is 0 Å². The van der Waals surface area contributed by atoms with E-state index in [1.165, 1.54) is 0 Å². The molecule has 1 aromatic heterocycles. The Kier molecular flexibility index (Phi) is 4.74. The second-order valence-corrected chi connectivity index (χ2v) is 5.10. The minimum atomic E-state index is -1.01. The van der Waals surface area contributed by atoms with Crippen molar-refractivity contribution < 1.29 is 19.1 Å². The number of hydrogen-bond donors (Lipinski definition) is 0. The van der Waals surface area contributed by atoms with E-state index in [-0.39, 0.29) is 13.2 Å². The third-order valence-electron chi connectivity index (χ3n) is 2.85. The summed E-state index contributed by atoms with van der Waals surface area (Å²) >= 11 is 1.61. The lowest BCUT2D eigenvalue weighted by molar-refractivity contribution is -0.156. The molecular formula is C15H16O4S. The van der Waals surface area contributed by atoms with Crippen molar-refractivity contribution in [2.24, 2.45) is 0 Å². The second kappa shape index (κ2) is 6.52. The van der Waals surface area contributed by atoms with Crippen LogP contribution in [-0.4, -0.2) is 25.2 Å². The Labute approximate surface area is 121 Å². The van der Waals surface area contributed by atoms with E-state index in [4.69, 9.17) is 9.47 Å². The van der Waals surface area contributed by atoms with Crippen LogP contribution in [0.1, 0.15) is 25.3 Å². The van der Waals surface area contributed by atoms with Crippen LogP contribution in [0.3, 0.4) is 0 Å². The Morgan fingerprint density at radius 1 is 1.10 bits per heavy atom. The molecule has 1 aromatic carbocycles. The molecular weight excluding hydrogens is 276 g/mol. The number of fused-ring (bicyclic) bond motifs is 1. The fourth-order valence-electron chi connectivity index (χ4n) is 1.98. The minimum absolute atomic E-state index is 0.232. The molecule has 0 fully saturated rings. The first-order valence-electron chi connectivity index (χ1n) is 6.47. The summed E-state index contributed by atoms with van der Waals surface area (Å²) in [6.07, 6.45) is 0. The van der Waals surface area contributed by atoms with Crippen molar-refractivity contribution in [2.75, 3.05) is 13.2 Å². The molecule has 2 aromatic rings. The molecule has 0 bridgehead atoms. The molecule has 0 radical (unpaired) electrons. The van der Waals surface area contributed by atoms with E-state index in [2.05, 4.69) is 0 Å². The van der Waals surface area contributed by atoms with Crippen LogP contribution in [0.4, 0.5) is 0 Å². The Balaban J connectivity index is 2.37. The first-order chi connectivity index (χ1) is 9.67. The molecule has 2 rings (SSSR count). The van der Waals surface area contributed by atoms with Crippen LogP contribution >= 0.6 is 11.3 Å². The summed E-state index contributed by atoms with van der Waals surface area (Å²) in [5.74, 6) is -2.15. The molecule has 1 heterocycles. The van der Waals surface area contributed by atoms with Gasteiger partial charge in [0.15, 0.2) is 5.92 Å². The molecule has 0 atom stereocenters. The Hall–Kier alpha value is -1.88. The van der Waals surface area contributed by atoms with Gasteiger partial charge in [-0.1, -0.05) is 6.07 Å². The number of hydrogen-bond acceptors (Lipinski definition) is 5. The molecule has 0 saturated heterocycles. The Morgan fingerprint density at radius 2 is 1.75 bits per heavy atom. The van der Waals surface area contributed by atoms with E-state index in [0.717, 1.165) is 10.1 Å². The monoisotopic (exact) mass is 292 g/mol. The van der Waals surface area contributed by atoms with Crippen molar-refractivity contribution in [3.63, 3.8) is 0 Å². The average Bonchev–Trinajstić information content (AvgIpc) is 2.87. The Morgan fingerprint density at radius 3 is 2.35 bits per heavy atom. The molecule has 0 spiro atoms. The van der Waals surface area contributed by atoms with Gasteiger partial charge in [0.05, 0.1) is 13.2 Å². The van der Waals surface area contributed by atoms with Crippen molar-refractivity contribution in [2.45, 2.75) is 19.8 Å². The van der Waals surface area contributed by atoms with Gasteiger partial charge in [-0.2, -0.15) is 0 Å². The van der Waals surface area contributed by atoms with Crippen molar-refractivity contribution in [1.82, 2.24) is 0 Å². The van der Waals surface area contributed by atoms with E-state index < -0.39 is 17.9 Å². The zero-order chi connectivity index (χ0) is 14.5. The lowest BCUT2D eigenvalue weighted by atomic mass is 9.98. The topological polar surface area (TPSA) is 52.6 Å². The predicted molar refractivity (Wildman–Crippen MR) is 77.8 cm³/mol. The summed E-state index contributed by atoms with van der Waals surface area (Å²) in [4.78, 5) is 24.0. The average molecular weight is 292 g/mol. The van der Waals surface area contributed by atoms with Crippen molar-refractivity contribution >= 4 is 33.4 Å². The molecule has 0 unspecified atom stereocenters. The number of thiophene rings is 1. The van der Waals surface area contributed by atoms with Gasteiger partial charge in [-0.05, 0) is 48.4 Å². The maximum Gasteiger partial charge on any atom is 0.324 e. The number of carbonyl (C=O) groups is 2. The summed E-state index contributed by atoms with van der Waals surface area (Å²) in [6, 6.07) is 7.47.